The van der Waals surface area contributed by atoms with Gasteiger partial charge in [-0.15, -0.1) is 0 Å². The Morgan fingerprint density at radius 3 is 2.35 bits per heavy atom. The fourth-order valence-electron chi connectivity index (χ4n) is 11.3. The molecule has 3 unspecified atom stereocenters. The molecule has 0 aromatic carbocycles. The fourth-order valence-corrected chi connectivity index (χ4v) is 11.3. The Hall–Kier alpha value is -1.25. The van der Waals surface area contributed by atoms with E-state index in [1.807, 2.05) is 0 Å². The van der Waals surface area contributed by atoms with Crippen LogP contribution in [-0.4, -0.2) is 115 Å². The van der Waals surface area contributed by atoms with E-state index in [-0.39, 0.29) is 110 Å². The van der Waals surface area contributed by atoms with Crippen LogP contribution in [0.3, 0.4) is 0 Å². The maximum absolute atomic E-state index is 14.0. The quantitative estimate of drug-likeness (QED) is 0.410. The van der Waals surface area contributed by atoms with Crippen molar-refractivity contribution in [1.29, 1.82) is 0 Å². The first kappa shape index (κ1) is 35.5. The van der Waals surface area contributed by atoms with Crippen molar-refractivity contribution in [1.82, 2.24) is 0 Å². The second-order valence-corrected chi connectivity index (χ2v) is 17.6. The zero-order chi connectivity index (χ0) is 35.2. The fraction of sp³-hybridized carbons (Fsp3) is 0.875. The molecule has 0 radical (unpaired) electrons. The summed E-state index contributed by atoms with van der Waals surface area (Å²) in [6.45, 7) is 13.5. The Kier molecular flexibility index (Phi) is 9.59. The van der Waals surface area contributed by atoms with Gasteiger partial charge in [-0.05, 0) is 73.8 Å². The summed E-state index contributed by atoms with van der Waals surface area (Å²) in [6.07, 6.45) is 6.43. The summed E-state index contributed by atoms with van der Waals surface area (Å²) < 4.78 is 54.0. The van der Waals surface area contributed by atoms with E-state index >= 15 is 0 Å². The molecule has 51 heavy (non-hydrogen) atoms. The third-order valence-corrected chi connectivity index (χ3v) is 14.2. The molecule has 12 bridgehead atoms. The molecule has 10 saturated heterocycles. The monoisotopic (exact) mass is 713 g/mol. The summed E-state index contributed by atoms with van der Waals surface area (Å²) in [4.78, 5) is 14.0. The van der Waals surface area contributed by atoms with E-state index in [1.54, 1.807) is 0 Å². The molecule has 10 rings (SSSR count). The van der Waals surface area contributed by atoms with Gasteiger partial charge in [0.05, 0.1) is 61.0 Å². The highest BCUT2D eigenvalue weighted by Gasteiger charge is 2.68. The van der Waals surface area contributed by atoms with E-state index < -0.39 is 11.9 Å². The van der Waals surface area contributed by atoms with Crippen LogP contribution in [-0.2, 0) is 42.7 Å². The Balaban J connectivity index is 0.986. The van der Waals surface area contributed by atoms with Crippen molar-refractivity contribution in [2.75, 3.05) is 6.54 Å². The lowest BCUT2D eigenvalue weighted by atomic mass is 9.78. The number of carbonyl (C=O) groups excluding carboxylic acids is 1. The first-order valence-electron chi connectivity index (χ1n) is 20.1. The Morgan fingerprint density at radius 2 is 1.51 bits per heavy atom. The van der Waals surface area contributed by atoms with Crippen LogP contribution in [0.2, 0.25) is 0 Å². The number of ether oxygens (including phenoxy) is 8. The van der Waals surface area contributed by atoms with E-state index in [2.05, 4.69) is 27.0 Å². The minimum atomic E-state index is -0.765. The summed E-state index contributed by atoms with van der Waals surface area (Å²) in [5.74, 6) is -0.222. The van der Waals surface area contributed by atoms with Crippen LogP contribution in [0, 0.1) is 17.8 Å². The van der Waals surface area contributed by atoms with Crippen LogP contribution >= 0.6 is 0 Å². The van der Waals surface area contributed by atoms with Gasteiger partial charge in [0, 0.05) is 45.1 Å². The van der Waals surface area contributed by atoms with Crippen molar-refractivity contribution >= 4 is 5.78 Å². The maximum atomic E-state index is 14.0. The highest BCUT2D eigenvalue weighted by atomic mass is 16.8. The number of aliphatic hydroxyl groups excluding tert-OH is 1. The van der Waals surface area contributed by atoms with E-state index in [1.165, 1.54) is 0 Å². The first-order valence-corrected chi connectivity index (χ1v) is 20.1. The number of aliphatic hydroxyl groups is 1. The van der Waals surface area contributed by atoms with E-state index in [0.717, 1.165) is 56.1 Å². The van der Waals surface area contributed by atoms with Crippen LogP contribution in [0.4, 0.5) is 0 Å². The Morgan fingerprint density at radius 1 is 0.765 bits per heavy atom. The second-order valence-electron chi connectivity index (χ2n) is 17.6. The molecule has 0 saturated carbocycles. The Labute approximate surface area is 302 Å². The topological polar surface area (TPSA) is 137 Å². The van der Waals surface area contributed by atoms with Crippen LogP contribution in [0.5, 0.6) is 0 Å². The molecule has 10 aliphatic heterocycles. The van der Waals surface area contributed by atoms with Gasteiger partial charge in [0.15, 0.2) is 5.79 Å². The lowest BCUT2D eigenvalue weighted by molar-refractivity contribution is -0.292. The molecule has 10 heterocycles. The van der Waals surface area contributed by atoms with Crippen LogP contribution in [0.15, 0.2) is 24.3 Å². The summed E-state index contributed by atoms with van der Waals surface area (Å²) in [7, 11) is 0. The summed E-state index contributed by atoms with van der Waals surface area (Å²) >= 11 is 0. The zero-order valence-corrected chi connectivity index (χ0v) is 30.4. The molecule has 10 aliphatic rings. The molecule has 19 atom stereocenters. The molecular formula is C40H59NO10. The van der Waals surface area contributed by atoms with E-state index in [9.17, 15) is 9.90 Å². The summed E-state index contributed by atoms with van der Waals surface area (Å²) in [5.41, 5.74) is 8.06. The molecule has 0 aromatic rings. The number of carbonyl (C=O) groups is 1. The van der Waals surface area contributed by atoms with Gasteiger partial charge in [0.2, 0.25) is 0 Å². The number of hydrogen-bond donors (Lipinski definition) is 2. The van der Waals surface area contributed by atoms with Gasteiger partial charge in [-0.2, -0.15) is 0 Å². The highest BCUT2D eigenvalue weighted by Crippen LogP contribution is 2.54. The summed E-state index contributed by atoms with van der Waals surface area (Å²) in [5, 5.41) is 10.5. The smallest absolute Gasteiger partial charge is 0.172 e. The van der Waals surface area contributed by atoms with Gasteiger partial charge in [-0.25, -0.2) is 0 Å². The SMILES string of the molecule is C=C1C[C@@H]2CC[C@@]34C[C@H]5O[C@H]6C(O3)[C@H]3O[C@H](CC[C@@H]3O[C@H]6[C@H]5O4)CC(=O)C[C@@H]3[C@@H](C)[C@@H](C[C@H](O)CN)O[C@H]3CC3O[C@@H](CCC1O2)C[C@@H](C)C3=C. The molecule has 0 amide bonds. The lowest BCUT2D eigenvalue weighted by Gasteiger charge is -2.47. The molecule has 1 spiro atoms. The number of rotatable bonds is 3. The molecule has 11 nitrogen and oxygen atoms in total. The molecule has 10 fully saturated rings. The number of nitrogens with two attached hydrogens (primary N) is 1. The second kappa shape index (κ2) is 13.8. The van der Waals surface area contributed by atoms with Crippen molar-refractivity contribution in [3.05, 3.63) is 24.3 Å². The predicted octanol–water partition coefficient (Wildman–Crippen LogP) is 4.06. The van der Waals surface area contributed by atoms with Gasteiger partial charge >= 0.3 is 0 Å². The lowest BCUT2D eigenvalue weighted by Crippen LogP contribution is -2.61. The average molecular weight is 714 g/mol. The summed E-state index contributed by atoms with van der Waals surface area (Å²) in [6, 6.07) is 0. The third kappa shape index (κ3) is 6.53. The normalized spacial score (nSPS) is 53.2. The van der Waals surface area contributed by atoms with Gasteiger partial charge in [0.25, 0.3) is 0 Å². The standard InChI is InChI=1S/C40H59NO10/c1-19-11-25-5-7-29-20(2)12-27(44-29)9-10-40-17-34-36(50-40)37-38(49-34)39(51-40)35-30(48-37)8-6-26(46-35)13-23(42)14-28-22(4)31(15-24(43)18-41)47-33(28)16-32(45-25)21(19)3/h19,22,24-39,43H,2-3,5-18,41H2,1,4H3/t19-,22-,24+,25+,26-,27+,28-,29?,30+,31-,32?,33+,34-,35+,36+,37+,38-,39?,40+/m1/s1. The van der Waals surface area contributed by atoms with Crippen molar-refractivity contribution in [3.8, 4) is 0 Å². The minimum absolute atomic E-state index is 0.00127. The minimum Gasteiger partial charge on any atom is -0.392 e. The maximum Gasteiger partial charge on any atom is 0.172 e. The third-order valence-electron chi connectivity index (χ3n) is 14.2. The molecular weight excluding hydrogens is 654 g/mol. The van der Waals surface area contributed by atoms with Gasteiger partial charge in [-0.1, -0.05) is 27.0 Å². The van der Waals surface area contributed by atoms with Gasteiger partial charge in [0.1, 0.15) is 36.3 Å². The first-order chi connectivity index (χ1) is 24.6. The van der Waals surface area contributed by atoms with Gasteiger partial charge < -0.3 is 48.7 Å². The van der Waals surface area contributed by atoms with Crippen molar-refractivity contribution in [3.63, 3.8) is 0 Å². The molecule has 11 heteroatoms. The van der Waals surface area contributed by atoms with Crippen LogP contribution < -0.4 is 5.73 Å². The van der Waals surface area contributed by atoms with Crippen molar-refractivity contribution < 1.29 is 47.8 Å². The number of Topliss-reactive ketones (excluding diaryl/α,β-unsaturated/α-hetero) is 1. The van der Waals surface area contributed by atoms with Crippen LogP contribution in [0.25, 0.3) is 0 Å². The van der Waals surface area contributed by atoms with E-state index in [4.69, 9.17) is 43.6 Å². The van der Waals surface area contributed by atoms with Crippen LogP contribution in [0.1, 0.15) is 97.3 Å². The number of ketones is 1. The highest BCUT2D eigenvalue weighted by molar-refractivity contribution is 5.79. The molecule has 0 aromatic heterocycles. The van der Waals surface area contributed by atoms with E-state index in [0.29, 0.717) is 44.4 Å². The van der Waals surface area contributed by atoms with Crippen molar-refractivity contribution in [2.45, 2.75) is 195 Å². The van der Waals surface area contributed by atoms with Gasteiger partial charge in [-0.3, -0.25) is 4.79 Å². The largest absolute Gasteiger partial charge is 0.392 e. The Bertz CT molecular complexity index is 1360. The van der Waals surface area contributed by atoms with Crippen molar-refractivity contribution in [2.24, 2.45) is 23.5 Å². The molecule has 284 valence electrons. The predicted molar refractivity (Wildman–Crippen MR) is 185 cm³/mol. The number of fused-ring (bicyclic) bond motifs is 6. The number of hydrogen-bond acceptors (Lipinski definition) is 11. The molecule has 3 N–H and O–H groups in total. The average Bonchev–Trinajstić information content (AvgIpc) is 3.77. The zero-order valence-electron chi connectivity index (χ0n) is 30.4. The molecule has 0 aliphatic carbocycles.